The summed E-state index contributed by atoms with van der Waals surface area (Å²) in [6.45, 7) is -0.957. The minimum atomic E-state index is -0.828. The zero-order valence-corrected chi connectivity index (χ0v) is 23.3. The van der Waals surface area contributed by atoms with Crippen LogP contribution in [0.1, 0.15) is 27.1 Å². The Morgan fingerprint density at radius 2 is 1.25 bits per heavy atom. The van der Waals surface area contributed by atoms with Crippen molar-refractivity contribution < 1.29 is 33.5 Å². The molecule has 2 aromatic carbocycles. The maximum absolute atomic E-state index is 13.1. The Balaban J connectivity index is 2.12. The standard InChI is InChI=1S/C27H33N5O7S/c1-28-22(33)14-29-23(34)15-30-25(36)19-10-6-4-8-17(19)18-9-5-7-11-20(18)26(37)31-16-24(35)32-21(12-13-40-3)27(38)39-2/h4-11,21H,12-16H2,1-3H3,(H,28,33)(H,29,34)(H,30,36)(H,31,37)(H,32,35). The zero-order valence-electron chi connectivity index (χ0n) is 22.5. The average molecular weight is 572 g/mol. The first kappa shape index (κ1) is 31.8. The molecule has 0 fully saturated rings. The van der Waals surface area contributed by atoms with E-state index in [4.69, 9.17) is 4.74 Å². The first-order chi connectivity index (χ1) is 19.2. The Hall–Kier alpha value is -4.39. The Morgan fingerprint density at radius 3 is 1.75 bits per heavy atom. The van der Waals surface area contributed by atoms with E-state index >= 15 is 0 Å². The number of likely N-dealkylation sites (N-methyl/N-ethyl adjacent to an activating group) is 1. The van der Waals surface area contributed by atoms with Crippen molar-refractivity contribution in [3.05, 3.63) is 59.7 Å². The van der Waals surface area contributed by atoms with E-state index in [-0.39, 0.29) is 36.7 Å². The van der Waals surface area contributed by atoms with E-state index in [0.717, 1.165) is 0 Å². The molecule has 0 radical (unpaired) electrons. The molecule has 13 heteroatoms. The van der Waals surface area contributed by atoms with Crippen LogP contribution < -0.4 is 26.6 Å². The first-order valence-corrected chi connectivity index (χ1v) is 13.7. The molecule has 5 amide bonds. The lowest BCUT2D eigenvalue weighted by molar-refractivity contribution is -0.145. The van der Waals surface area contributed by atoms with Gasteiger partial charge in [0.15, 0.2) is 0 Å². The molecule has 0 saturated carbocycles. The third kappa shape index (κ3) is 9.73. The maximum atomic E-state index is 13.1. The lowest BCUT2D eigenvalue weighted by Gasteiger charge is -2.17. The Kier molecular flexibility index (Phi) is 13.2. The van der Waals surface area contributed by atoms with Gasteiger partial charge in [0.25, 0.3) is 11.8 Å². The average Bonchev–Trinajstić information content (AvgIpc) is 2.98. The predicted molar refractivity (Wildman–Crippen MR) is 151 cm³/mol. The number of nitrogens with one attached hydrogen (secondary N) is 5. The smallest absolute Gasteiger partial charge is 0.328 e. The second-order valence-corrected chi connectivity index (χ2v) is 9.32. The van der Waals surface area contributed by atoms with E-state index in [1.165, 1.54) is 25.9 Å². The first-order valence-electron chi connectivity index (χ1n) is 12.3. The van der Waals surface area contributed by atoms with E-state index in [1.807, 2.05) is 6.26 Å². The fourth-order valence-corrected chi connectivity index (χ4v) is 4.02. The van der Waals surface area contributed by atoms with Crippen LogP contribution in [0.25, 0.3) is 11.1 Å². The molecule has 0 bridgehead atoms. The predicted octanol–water partition coefficient (Wildman–Crippen LogP) is 0.0863. The number of carbonyl (C=O) groups excluding carboxylic acids is 6. The van der Waals surface area contributed by atoms with Crippen LogP contribution in [-0.4, -0.2) is 87.3 Å². The van der Waals surface area contributed by atoms with Crippen LogP contribution in [0.5, 0.6) is 0 Å². The Bertz CT molecular complexity index is 1240. The third-order valence-electron chi connectivity index (χ3n) is 5.61. The molecule has 2 rings (SSSR count). The number of hydrogen-bond acceptors (Lipinski definition) is 8. The monoisotopic (exact) mass is 571 g/mol. The second-order valence-electron chi connectivity index (χ2n) is 8.33. The van der Waals surface area contributed by atoms with Crippen LogP contribution >= 0.6 is 11.8 Å². The number of ether oxygens (including phenoxy) is 1. The largest absolute Gasteiger partial charge is 0.467 e. The van der Waals surface area contributed by atoms with Crippen molar-refractivity contribution in [3.63, 3.8) is 0 Å². The molecule has 0 aliphatic rings. The molecule has 1 unspecified atom stereocenters. The van der Waals surface area contributed by atoms with E-state index < -0.39 is 35.6 Å². The van der Waals surface area contributed by atoms with Crippen LogP contribution in [0.15, 0.2) is 48.5 Å². The molecule has 40 heavy (non-hydrogen) atoms. The number of hydrogen-bond donors (Lipinski definition) is 5. The molecule has 0 spiro atoms. The number of rotatable bonds is 14. The number of esters is 1. The van der Waals surface area contributed by atoms with Crippen LogP contribution in [0, 0.1) is 0 Å². The molecule has 12 nitrogen and oxygen atoms in total. The quantitative estimate of drug-likeness (QED) is 0.199. The van der Waals surface area contributed by atoms with Gasteiger partial charge >= 0.3 is 5.97 Å². The van der Waals surface area contributed by atoms with Crippen molar-refractivity contribution in [2.45, 2.75) is 12.5 Å². The van der Waals surface area contributed by atoms with Crippen LogP contribution in [0.4, 0.5) is 0 Å². The van der Waals surface area contributed by atoms with Crippen LogP contribution in [0.3, 0.4) is 0 Å². The lowest BCUT2D eigenvalue weighted by Crippen LogP contribution is -2.46. The van der Waals surface area contributed by atoms with Crippen molar-refractivity contribution in [2.24, 2.45) is 0 Å². The van der Waals surface area contributed by atoms with Gasteiger partial charge in [-0.1, -0.05) is 36.4 Å². The van der Waals surface area contributed by atoms with Gasteiger partial charge in [-0.25, -0.2) is 4.79 Å². The van der Waals surface area contributed by atoms with Gasteiger partial charge in [-0.3, -0.25) is 24.0 Å². The van der Waals surface area contributed by atoms with Gasteiger partial charge in [0.1, 0.15) is 6.04 Å². The van der Waals surface area contributed by atoms with Gasteiger partial charge in [0.05, 0.1) is 26.7 Å². The molecule has 1 atom stereocenters. The summed E-state index contributed by atoms with van der Waals surface area (Å²) >= 11 is 1.52. The maximum Gasteiger partial charge on any atom is 0.328 e. The van der Waals surface area contributed by atoms with Crippen molar-refractivity contribution >= 4 is 47.3 Å². The third-order valence-corrected chi connectivity index (χ3v) is 6.25. The molecule has 0 saturated heterocycles. The van der Waals surface area contributed by atoms with E-state index in [0.29, 0.717) is 23.3 Å². The summed E-state index contributed by atoms with van der Waals surface area (Å²) in [6, 6.07) is 12.3. The second kappa shape index (κ2) is 16.5. The SMILES string of the molecule is CNC(=O)CNC(=O)CNC(=O)c1ccccc1-c1ccccc1C(=O)NCC(=O)NC(CCSC)C(=O)OC. The summed E-state index contributed by atoms with van der Waals surface area (Å²) in [5.41, 5.74) is 1.30. The Morgan fingerprint density at radius 1 is 0.750 bits per heavy atom. The topological polar surface area (TPSA) is 172 Å². The fourth-order valence-electron chi connectivity index (χ4n) is 3.55. The normalized spacial score (nSPS) is 11.0. The molecular weight excluding hydrogens is 538 g/mol. The van der Waals surface area contributed by atoms with Gasteiger partial charge in [-0.05, 0) is 41.7 Å². The highest BCUT2D eigenvalue weighted by atomic mass is 32.2. The molecule has 0 aliphatic carbocycles. The minimum absolute atomic E-state index is 0.214. The molecule has 2 aromatic rings. The van der Waals surface area contributed by atoms with Crippen molar-refractivity contribution in [3.8, 4) is 11.1 Å². The molecule has 5 N–H and O–H groups in total. The van der Waals surface area contributed by atoms with Gasteiger partial charge < -0.3 is 31.3 Å². The van der Waals surface area contributed by atoms with E-state index in [2.05, 4.69) is 26.6 Å². The minimum Gasteiger partial charge on any atom is -0.467 e. The van der Waals surface area contributed by atoms with Crippen LogP contribution in [-0.2, 0) is 23.9 Å². The molecule has 0 heterocycles. The van der Waals surface area contributed by atoms with Gasteiger partial charge in [-0.15, -0.1) is 0 Å². The molecular formula is C27H33N5O7S. The number of methoxy groups -OCH3 is 1. The summed E-state index contributed by atoms with van der Waals surface area (Å²) in [4.78, 5) is 73.7. The number of thioether (sulfide) groups is 1. The van der Waals surface area contributed by atoms with Crippen molar-refractivity contribution in [2.75, 3.05) is 45.8 Å². The highest BCUT2D eigenvalue weighted by Gasteiger charge is 2.22. The number of carbonyl (C=O) groups is 6. The number of amides is 5. The van der Waals surface area contributed by atoms with E-state index in [1.54, 1.807) is 48.5 Å². The molecule has 214 valence electrons. The highest BCUT2D eigenvalue weighted by Crippen LogP contribution is 2.27. The van der Waals surface area contributed by atoms with Crippen molar-refractivity contribution in [1.29, 1.82) is 0 Å². The molecule has 0 aromatic heterocycles. The number of benzene rings is 2. The van der Waals surface area contributed by atoms with Gasteiger partial charge in [0.2, 0.25) is 17.7 Å². The van der Waals surface area contributed by atoms with Gasteiger partial charge in [-0.2, -0.15) is 11.8 Å². The summed E-state index contributed by atoms with van der Waals surface area (Å²) in [5.74, 6) is -2.54. The highest BCUT2D eigenvalue weighted by molar-refractivity contribution is 7.98. The van der Waals surface area contributed by atoms with E-state index in [9.17, 15) is 28.8 Å². The fraction of sp³-hybridized carbons (Fsp3) is 0.333. The lowest BCUT2D eigenvalue weighted by atomic mass is 9.94. The molecule has 0 aliphatic heterocycles. The zero-order chi connectivity index (χ0) is 29.5. The summed E-state index contributed by atoms with van der Waals surface area (Å²) in [7, 11) is 2.67. The summed E-state index contributed by atoms with van der Waals surface area (Å²) in [6.07, 6.45) is 2.26. The summed E-state index contributed by atoms with van der Waals surface area (Å²) < 4.78 is 4.74. The van der Waals surface area contributed by atoms with Crippen molar-refractivity contribution in [1.82, 2.24) is 26.6 Å². The Labute approximate surface area is 236 Å². The summed E-state index contributed by atoms with van der Waals surface area (Å²) in [5, 5.41) is 12.4. The van der Waals surface area contributed by atoms with Gasteiger partial charge in [0, 0.05) is 18.2 Å². The van der Waals surface area contributed by atoms with Crippen LogP contribution in [0.2, 0.25) is 0 Å².